The summed E-state index contributed by atoms with van der Waals surface area (Å²) in [5, 5.41) is 19.9. The molecule has 0 radical (unpaired) electrons. The predicted octanol–water partition coefficient (Wildman–Crippen LogP) is 3.71. The molecule has 5 rings (SSSR count). The SMILES string of the molecule is COC(=O)N[C@H](C(=O)Nc1cccc(F)c1CC[C@H]1CN[C@@H]2CCCS(=O)(=O)N1C2)[C@]1(c2ccc(Cl)cc2)CC[C@H](O)CC1. The number of benzene rings is 2. The second-order valence-electron chi connectivity index (χ2n) is 12.0. The van der Waals surface area contributed by atoms with Crippen LogP contribution in [0.1, 0.15) is 56.1 Å². The van der Waals surface area contributed by atoms with Crippen LogP contribution in [0, 0.1) is 5.82 Å². The molecule has 3 aliphatic rings. The van der Waals surface area contributed by atoms with E-state index in [1.807, 2.05) is 12.1 Å². The molecule has 4 N–H and O–H groups in total. The van der Waals surface area contributed by atoms with Crippen LogP contribution in [-0.4, -0.2) is 80.0 Å². The quantitative estimate of drug-likeness (QED) is 0.342. The number of carbonyl (C=O) groups is 2. The van der Waals surface area contributed by atoms with E-state index in [4.69, 9.17) is 16.3 Å². The molecule has 2 aliphatic heterocycles. The lowest BCUT2D eigenvalue weighted by Crippen LogP contribution is -2.58. The highest BCUT2D eigenvalue weighted by Gasteiger charge is 2.48. The molecule has 0 aromatic heterocycles. The molecule has 13 heteroatoms. The number of sulfonamides is 1. The van der Waals surface area contributed by atoms with E-state index in [-0.39, 0.29) is 35.5 Å². The van der Waals surface area contributed by atoms with E-state index in [0.29, 0.717) is 56.6 Å². The predicted molar refractivity (Wildman–Crippen MR) is 166 cm³/mol. The summed E-state index contributed by atoms with van der Waals surface area (Å²) in [7, 11) is -2.20. The number of aliphatic hydroxyl groups is 1. The molecule has 240 valence electrons. The molecule has 1 aliphatic carbocycles. The van der Waals surface area contributed by atoms with E-state index < -0.39 is 45.4 Å². The number of methoxy groups -OCH3 is 1. The number of nitrogens with zero attached hydrogens (tertiary/aromatic N) is 1. The van der Waals surface area contributed by atoms with Gasteiger partial charge in [0.25, 0.3) is 0 Å². The van der Waals surface area contributed by atoms with Gasteiger partial charge in [0, 0.05) is 46.9 Å². The summed E-state index contributed by atoms with van der Waals surface area (Å²) in [6.45, 7) is 0.872. The Balaban J connectivity index is 1.42. The summed E-state index contributed by atoms with van der Waals surface area (Å²) < 4.78 is 47.7. The number of amides is 2. The van der Waals surface area contributed by atoms with Crippen molar-refractivity contribution in [2.45, 2.75) is 81.0 Å². The Hall–Kier alpha value is -2.77. The molecule has 10 nitrogen and oxygen atoms in total. The normalized spacial score (nSPS) is 28.7. The van der Waals surface area contributed by atoms with Gasteiger partial charge in [-0.2, -0.15) is 4.31 Å². The fourth-order valence-electron chi connectivity index (χ4n) is 6.97. The third-order valence-electron chi connectivity index (χ3n) is 9.40. The van der Waals surface area contributed by atoms with Gasteiger partial charge in [0.15, 0.2) is 0 Å². The first-order chi connectivity index (χ1) is 21.0. The van der Waals surface area contributed by atoms with E-state index in [2.05, 4.69) is 16.0 Å². The summed E-state index contributed by atoms with van der Waals surface area (Å²) in [4.78, 5) is 26.7. The minimum Gasteiger partial charge on any atom is -0.453 e. The van der Waals surface area contributed by atoms with Crippen molar-refractivity contribution >= 4 is 39.3 Å². The summed E-state index contributed by atoms with van der Waals surface area (Å²) in [6, 6.07) is 10.1. The highest BCUT2D eigenvalue weighted by atomic mass is 35.5. The zero-order valence-electron chi connectivity index (χ0n) is 24.7. The average molecular weight is 651 g/mol. The van der Waals surface area contributed by atoms with E-state index in [1.54, 1.807) is 22.5 Å². The van der Waals surface area contributed by atoms with Gasteiger partial charge in [0.1, 0.15) is 11.9 Å². The average Bonchev–Trinajstić information content (AvgIpc) is 3.12. The van der Waals surface area contributed by atoms with Gasteiger partial charge in [-0.3, -0.25) is 4.79 Å². The van der Waals surface area contributed by atoms with Crippen molar-refractivity contribution in [3.63, 3.8) is 0 Å². The zero-order chi connectivity index (χ0) is 31.5. The number of nitrogens with one attached hydrogen (secondary N) is 3. The first-order valence-electron chi connectivity index (χ1n) is 15.1. The van der Waals surface area contributed by atoms with Crippen LogP contribution in [0.4, 0.5) is 14.9 Å². The third kappa shape index (κ3) is 7.04. The Morgan fingerprint density at radius 1 is 1.18 bits per heavy atom. The molecule has 0 spiro atoms. The summed E-state index contributed by atoms with van der Waals surface area (Å²) >= 11 is 6.16. The number of anilines is 1. The topological polar surface area (TPSA) is 137 Å². The number of hydrogen-bond acceptors (Lipinski definition) is 7. The van der Waals surface area contributed by atoms with Crippen LogP contribution in [0.3, 0.4) is 0 Å². The monoisotopic (exact) mass is 650 g/mol. The maximum absolute atomic E-state index is 15.3. The van der Waals surface area contributed by atoms with Gasteiger partial charge in [-0.25, -0.2) is 17.6 Å². The highest BCUT2D eigenvalue weighted by molar-refractivity contribution is 7.89. The number of fused-ring (bicyclic) bond motifs is 2. The highest BCUT2D eigenvalue weighted by Crippen LogP contribution is 2.43. The molecule has 2 amide bonds. The van der Waals surface area contributed by atoms with Crippen molar-refractivity contribution in [2.75, 3.05) is 31.3 Å². The molecule has 3 fully saturated rings. The molecular formula is C31H40ClFN4O6S. The summed E-state index contributed by atoms with van der Waals surface area (Å²) in [5.74, 6) is -0.983. The number of alkyl carbamates (subject to hydrolysis) is 1. The van der Waals surface area contributed by atoms with Crippen molar-refractivity contribution in [3.05, 3.63) is 64.4 Å². The molecule has 2 saturated heterocycles. The molecule has 2 aromatic rings. The van der Waals surface area contributed by atoms with Crippen molar-refractivity contribution in [2.24, 2.45) is 0 Å². The van der Waals surface area contributed by atoms with E-state index in [9.17, 15) is 23.1 Å². The number of halogens is 2. The first-order valence-corrected chi connectivity index (χ1v) is 17.1. The summed E-state index contributed by atoms with van der Waals surface area (Å²) in [6.07, 6.45) is 2.23. The van der Waals surface area contributed by atoms with Crippen molar-refractivity contribution in [3.8, 4) is 0 Å². The van der Waals surface area contributed by atoms with Gasteiger partial charge in [-0.15, -0.1) is 0 Å². The molecule has 1 saturated carbocycles. The molecule has 44 heavy (non-hydrogen) atoms. The Kier molecular flexibility index (Phi) is 10.2. The molecular weight excluding hydrogens is 611 g/mol. The van der Waals surface area contributed by atoms with E-state index in [1.165, 1.54) is 19.2 Å². The fourth-order valence-corrected chi connectivity index (χ4v) is 8.90. The Bertz CT molecular complexity index is 1450. The molecule has 2 aromatic carbocycles. The second kappa shape index (κ2) is 13.7. The number of rotatable bonds is 8. The molecule has 4 atom stereocenters. The lowest BCUT2D eigenvalue weighted by Gasteiger charge is -2.44. The van der Waals surface area contributed by atoms with Crippen LogP contribution in [0.5, 0.6) is 0 Å². The zero-order valence-corrected chi connectivity index (χ0v) is 26.3. The van der Waals surface area contributed by atoms with Crippen LogP contribution in [-0.2, 0) is 31.4 Å². The molecule has 1 unspecified atom stereocenters. The van der Waals surface area contributed by atoms with Gasteiger partial charge in [0.05, 0.1) is 19.0 Å². The summed E-state index contributed by atoms with van der Waals surface area (Å²) in [5.41, 5.74) is 0.369. The fraction of sp³-hybridized carbons (Fsp3) is 0.548. The van der Waals surface area contributed by atoms with Gasteiger partial charge >= 0.3 is 6.09 Å². The lowest BCUT2D eigenvalue weighted by atomic mass is 9.64. The number of aliphatic hydroxyl groups excluding tert-OH is 1. The van der Waals surface area contributed by atoms with Crippen LogP contribution in [0.2, 0.25) is 5.02 Å². The maximum atomic E-state index is 15.3. The van der Waals surface area contributed by atoms with Crippen LogP contribution in [0.15, 0.2) is 42.5 Å². The van der Waals surface area contributed by atoms with Gasteiger partial charge in [0.2, 0.25) is 15.9 Å². The minimum absolute atomic E-state index is 0.101. The number of piperazine rings is 1. The molecule has 2 heterocycles. The third-order valence-corrected chi connectivity index (χ3v) is 11.6. The Labute approximate surface area is 262 Å². The van der Waals surface area contributed by atoms with Crippen molar-refractivity contribution < 1.29 is 32.2 Å². The van der Waals surface area contributed by atoms with Gasteiger partial charge in [-0.05, 0) is 81.2 Å². The first kappa shape index (κ1) is 32.6. The number of carbonyl (C=O) groups excluding carboxylic acids is 2. The van der Waals surface area contributed by atoms with E-state index in [0.717, 1.165) is 12.0 Å². The van der Waals surface area contributed by atoms with Crippen molar-refractivity contribution in [1.29, 1.82) is 0 Å². The van der Waals surface area contributed by atoms with Crippen LogP contribution >= 0.6 is 11.6 Å². The van der Waals surface area contributed by atoms with Crippen LogP contribution in [0.25, 0.3) is 0 Å². The largest absolute Gasteiger partial charge is 0.453 e. The van der Waals surface area contributed by atoms with Crippen LogP contribution < -0.4 is 16.0 Å². The number of hydrogen-bond donors (Lipinski definition) is 4. The minimum atomic E-state index is -3.41. The molecule has 2 bridgehead atoms. The lowest BCUT2D eigenvalue weighted by molar-refractivity contribution is -0.120. The van der Waals surface area contributed by atoms with E-state index >= 15 is 4.39 Å². The standard InChI is InChI=1S/C31H40ClFN4O6S/c1-43-30(40)36-28(31(15-13-24(38)14-16-31)20-7-9-21(32)10-8-20)29(39)35-27-6-2-5-26(33)25(27)12-11-23-18-34-22-4-3-17-44(41,42)37(23)19-22/h2,5-10,22-24,28,34,38H,3-4,11-19H2,1H3,(H,35,39)(H,36,40)/t22-,23+,24-,28-,31+/m1/s1. The van der Waals surface area contributed by atoms with Crippen molar-refractivity contribution in [1.82, 2.24) is 14.9 Å². The second-order valence-corrected chi connectivity index (χ2v) is 14.5. The van der Waals surface area contributed by atoms with Gasteiger partial charge in [-0.1, -0.05) is 29.8 Å². The Morgan fingerprint density at radius 2 is 1.91 bits per heavy atom. The number of ether oxygens (including phenoxy) is 1. The Morgan fingerprint density at radius 3 is 2.61 bits per heavy atom. The smallest absolute Gasteiger partial charge is 0.407 e. The van der Waals surface area contributed by atoms with Gasteiger partial charge < -0.3 is 25.8 Å². The maximum Gasteiger partial charge on any atom is 0.407 e.